The lowest BCUT2D eigenvalue weighted by Crippen LogP contribution is -2.44. The highest BCUT2D eigenvalue weighted by Crippen LogP contribution is 2.26. The highest BCUT2D eigenvalue weighted by molar-refractivity contribution is 5.66. The molecule has 0 saturated carbocycles. The van der Waals surface area contributed by atoms with Gasteiger partial charge in [-0.15, -0.1) is 0 Å². The molecule has 1 fully saturated rings. The maximum atomic E-state index is 4.89. The van der Waals surface area contributed by atoms with Gasteiger partial charge in [0.2, 0.25) is 0 Å². The molecule has 2 N–H and O–H groups in total. The van der Waals surface area contributed by atoms with Crippen molar-refractivity contribution in [2.45, 2.75) is 13.8 Å². The van der Waals surface area contributed by atoms with Gasteiger partial charge in [-0.1, -0.05) is 24.3 Å². The lowest BCUT2D eigenvalue weighted by Gasteiger charge is -2.33. The van der Waals surface area contributed by atoms with Gasteiger partial charge < -0.3 is 15.1 Å². The second-order valence-electron chi connectivity index (χ2n) is 7.10. The van der Waals surface area contributed by atoms with Crippen LogP contribution in [-0.2, 0) is 0 Å². The minimum atomic E-state index is 0.735. The first-order valence-corrected chi connectivity index (χ1v) is 9.26. The molecule has 0 unspecified atom stereocenters. The topological polar surface area (TPSA) is 73.0 Å². The number of aromatic nitrogens is 4. The number of piperazine rings is 1. The van der Waals surface area contributed by atoms with Gasteiger partial charge in [-0.2, -0.15) is 5.10 Å². The summed E-state index contributed by atoms with van der Waals surface area (Å²) >= 11 is 0. The number of rotatable bonds is 4. The van der Waals surface area contributed by atoms with Crippen molar-refractivity contribution in [2.75, 3.05) is 43.4 Å². The fourth-order valence-corrected chi connectivity index (χ4v) is 3.25. The molecule has 0 atom stereocenters. The Morgan fingerprint density at radius 1 is 0.963 bits per heavy atom. The van der Waals surface area contributed by atoms with Crippen LogP contribution in [0.5, 0.6) is 0 Å². The van der Waals surface area contributed by atoms with Gasteiger partial charge in [-0.25, -0.2) is 9.97 Å². The SMILES string of the molecule is Cc1cc(Nc2cc(N3CCN(C)CC3)nc(-c3ccccc3C)n2)n[nH]1. The van der Waals surface area contributed by atoms with E-state index in [0.29, 0.717) is 0 Å². The van der Waals surface area contributed by atoms with Crippen LogP contribution in [0.4, 0.5) is 17.5 Å². The molecule has 7 heteroatoms. The summed E-state index contributed by atoms with van der Waals surface area (Å²) in [5, 5.41) is 10.5. The zero-order valence-electron chi connectivity index (χ0n) is 16.0. The van der Waals surface area contributed by atoms with Gasteiger partial charge >= 0.3 is 0 Å². The monoisotopic (exact) mass is 363 g/mol. The van der Waals surface area contributed by atoms with Crippen molar-refractivity contribution in [3.05, 3.63) is 47.7 Å². The van der Waals surface area contributed by atoms with Crippen LogP contribution in [0.15, 0.2) is 36.4 Å². The molecule has 0 spiro atoms. The van der Waals surface area contributed by atoms with Crippen LogP contribution in [0, 0.1) is 13.8 Å². The number of H-pyrrole nitrogens is 1. The van der Waals surface area contributed by atoms with Gasteiger partial charge in [-0.3, -0.25) is 5.10 Å². The summed E-state index contributed by atoms with van der Waals surface area (Å²) < 4.78 is 0. The first-order chi connectivity index (χ1) is 13.1. The van der Waals surface area contributed by atoms with Gasteiger partial charge in [0.05, 0.1) is 0 Å². The van der Waals surface area contributed by atoms with Crippen LogP contribution in [0.25, 0.3) is 11.4 Å². The standard InChI is InChI=1S/C20H25N7/c1-14-6-4-5-7-16(14)20-22-17(21-18-12-15(2)24-25-18)13-19(23-20)27-10-8-26(3)9-11-27/h4-7,12-13H,8-11H2,1-3H3,(H2,21,22,23,24,25). The smallest absolute Gasteiger partial charge is 0.164 e. The van der Waals surface area contributed by atoms with Crippen molar-refractivity contribution >= 4 is 17.5 Å². The van der Waals surface area contributed by atoms with E-state index in [-0.39, 0.29) is 0 Å². The summed E-state index contributed by atoms with van der Waals surface area (Å²) in [6.07, 6.45) is 0. The molecule has 1 aromatic carbocycles. The molecule has 4 rings (SSSR count). The third-order valence-electron chi connectivity index (χ3n) is 4.89. The summed E-state index contributed by atoms with van der Waals surface area (Å²) in [5.74, 6) is 3.19. The number of likely N-dealkylation sites (N-methyl/N-ethyl adjacent to an activating group) is 1. The van der Waals surface area contributed by atoms with Crippen LogP contribution in [0.1, 0.15) is 11.3 Å². The molecule has 0 radical (unpaired) electrons. The fraction of sp³-hybridized carbons (Fsp3) is 0.350. The first kappa shape index (κ1) is 17.5. The maximum absolute atomic E-state index is 4.89. The molecule has 2 aromatic heterocycles. The van der Waals surface area contributed by atoms with Crippen molar-refractivity contribution in [3.63, 3.8) is 0 Å². The maximum Gasteiger partial charge on any atom is 0.164 e. The van der Waals surface area contributed by atoms with Crippen molar-refractivity contribution in [1.29, 1.82) is 0 Å². The summed E-state index contributed by atoms with van der Waals surface area (Å²) in [4.78, 5) is 14.3. The molecule has 1 aliphatic rings. The molecule has 1 saturated heterocycles. The van der Waals surface area contributed by atoms with Gasteiger partial charge in [-0.05, 0) is 26.5 Å². The lowest BCUT2D eigenvalue weighted by atomic mass is 10.1. The predicted molar refractivity (Wildman–Crippen MR) is 109 cm³/mol. The van der Waals surface area contributed by atoms with Crippen molar-refractivity contribution in [3.8, 4) is 11.4 Å². The van der Waals surface area contributed by atoms with Gasteiger partial charge in [0.25, 0.3) is 0 Å². The summed E-state index contributed by atoms with van der Waals surface area (Å²) in [5.41, 5.74) is 3.22. The molecule has 3 aromatic rings. The molecule has 0 aliphatic carbocycles. The highest BCUT2D eigenvalue weighted by atomic mass is 15.3. The third-order valence-corrected chi connectivity index (χ3v) is 4.89. The summed E-state index contributed by atoms with van der Waals surface area (Å²) in [7, 11) is 2.16. The van der Waals surface area contributed by atoms with Gasteiger partial charge in [0.15, 0.2) is 11.6 Å². The number of nitrogens with one attached hydrogen (secondary N) is 2. The molecular formula is C20H25N7. The van der Waals surface area contributed by atoms with E-state index in [1.807, 2.05) is 31.2 Å². The lowest BCUT2D eigenvalue weighted by molar-refractivity contribution is 0.312. The Morgan fingerprint density at radius 2 is 1.74 bits per heavy atom. The Balaban J connectivity index is 1.72. The number of benzene rings is 1. The molecule has 7 nitrogen and oxygen atoms in total. The predicted octanol–water partition coefficient (Wildman–Crippen LogP) is 2.98. The number of anilines is 3. The van der Waals surface area contributed by atoms with Crippen molar-refractivity contribution in [1.82, 2.24) is 25.1 Å². The van der Waals surface area contributed by atoms with E-state index in [9.17, 15) is 0 Å². The molecule has 27 heavy (non-hydrogen) atoms. The number of aryl methyl sites for hydroxylation is 2. The Labute approximate surface area is 159 Å². The second-order valence-corrected chi connectivity index (χ2v) is 7.10. The quantitative estimate of drug-likeness (QED) is 0.742. The Morgan fingerprint density at radius 3 is 2.44 bits per heavy atom. The molecule has 1 aliphatic heterocycles. The van der Waals surface area contributed by atoms with Crippen LogP contribution >= 0.6 is 0 Å². The van der Waals surface area contributed by atoms with Crippen LogP contribution < -0.4 is 10.2 Å². The minimum absolute atomic E-state index is 0.735. The van der Waals surface area contributed by atoms with E-state index in [1.54, 1.807) is 0 Å². The van der Waals surface area contributed by atoms with Gasteiger partial charge in [0.1, 0.15) is 11.6 Å². The van der Waals surface area contributed by atoms with Crippen LogP contribution in [0.2, 0.25) is 0 Å². The largest absolute Gasteiger partial charge is 0.354 e. The third kappa shape index (κ3) is 3.93. The van der Waals surface area contributed by atoms with E-state index in [4.69, 9.17) is 9.97 Å². The number of hydrogen-bond donors (Lipinski definition) is 2. The van der Waals surface area contributed by atoms with Crippen LogP contribution in [0.3, 0.4) is 0 Å². The van der Waals surface area contributed by atoms with E-state index in [2.05, 4.69) is 51.4 Å². The number of hydrogen-bond acceptors (Lipinski definition) is 6. The molecule has 0 amide bonds. The fourth-order valence-electron chi connectivity index (χ4n) is 3.25. The molecular weight excluding hydrogens is 338 g/mol. The Bertz CT molecular complexity index is 926. The number of nitrogens with zero attached hydrogens (tertiary/aromatic N) is 5. The summed E-state index contributed by atoms with van der Waals surface area (Å²) in [6.45, 7) is 8.05. The van der Waals surface area contributed by atoms with E-state index >= 15 is 0 Å². The van der Waals surface area contributed by atoms with Crippen molar-refractivity contribution < 1.29 is 0 Å². The van der Waals surface area contributed by atoms with E-state index in [1.165, 1.54) is 0 Å². The summed E-state index contributed by atoms with van der Waals surface area (Å²) in [6, 6.07) is 12.2. The molecule has 3 heterocycles. The first-order valence-electron chi connectivity index (χ1n) is 9.26. The van der Waals surface area contributed by atoms with E-state index in [0.717, 1.165) is 66.3 Å². The minimum Gasteiger partial charge on any atom is -0.354 e. The Kier molecular flexibility index (Phi) is 4.77. The normalized spacial score (nSPS) is 15.1. The van der Waals surface area contributed by atoms with Gasteiger partial charge in [0, 0.05) is 49.6 Å². The zero-order valence-corrected chi connectivity index (χ0v) is 16.0. The molecule has 0 bridgehead atoms. The average Bonchev–Trinajstić information content (AvgIpc) is 3.07. The highest BCUT2D eigenvalue weighted by Gasteiger charge is 2.18. The Hall–Kier alpha value is -2.93. The van der Waals surface area contributed by atoms with Crippen LogP contribution in [-0.4, -0.2) is 58.3 Å². The molecule has 140 valence electrons. The average molecular weight is 363 g/mol. The van der Waals surface area contributed by atoms with Crippen molar-refractivity contribution in [2.24, 2.45) is 0 Å². The van der Waals surface area contributed by atoms with E-state index < -0.39 is 0 Å². The second kappa shape index (κ2) is 7.36. The number of aromatic amines is 1. The zero-order chi connectivity index (χ0) is 18.8.